The summed E-state index contributed by atoms with van der Waals surface area (Å²) in [5.74, 6) is 0.323. The maximum absolute atomic E-state index is 12.4. The molecule has 2 N–H and O–H groups in total. The van der Waals surface area contributed by atoms with E-state index in [4.69, 9.17) is 5.14 Å². The first kappa shape index (κ1) is 16.7. The molecule has 2 heterocycles. The molecule has 2 aromatic rings. The van der Waals surface area contributed by atoms with E-state index in [0.717, 1.165) is 18.4 Å². The summed E-state index contributed by atoms with van der Waals surface area (Å²) in [6, 6.07) is 6.70. The Bertz CT molecular complexity index is 834. The van der Waals surface area contributed by atoms with Crippen LogP contribution in [0.1, 0.15) is 34.7 Å². The Morgan fingerprint density at radius 3 is 2.33 bits per heavy atom. The van der Waals surface area contributed by atoms with Gasteiger partial charge in [-0.25, -0.2) is 13.6 Å². The van der Waals surface area contributed by atoms with Crippen molar-refractivity contribution in [2.75, 3.05) is 13.1 Å². The lowest BCUT2D eigenvalue weighted by atomic mass is 9.89. The zero-order valence-corrected chi connectivity index (χ0v) is 14.2. The average Bonchev–Trinajstić information content (AvgIpc) is 3.00. The monoisotopic (exact) mass is 348 g/mol. The molecule has 0 bridgehead atoms. The molecule has 0 radical (unpaired) electrons. The highest BCUT2D eigenvalue weighted by Gasteiger charge is 2.25. The van der Waals surface area contributed by atoms with Crippen molar-refractivity contribution < 1.29 is 13.2 Å². The number of amides is 1. The zero-order valence-electron chi connectivity index (χ0n) is 13.4. The van der Waals surface area contributed by atoms with Crippen LogP contribution in [-0.2, 0) is 17.1 Å². The first-order chi connectivity index (χ1) is 11.3. The first-order valence-electron chi connectivity index (χ1n) is 7.75. The van der Waals surface area contributed by atoms with Gasteiger partial charge < -0.3 is 4.90 Å². The molecule has 128 valence electrons. The summed E-state index contributed by atoms with van der Waals surface area (Å²) < 4.78 is 24.2. The second-order valence-electron chi connectivity index (χ2n) is 6.08. The lowest BCUT2D eigenvalue weighted by Crippen LogP contribution is -2.37. The Balaban J connectivity index is 1.63. The molecule has 0 unspecified atom stereocenters. The number of piperidine rings is 1. The average molecular weight is 348 g/mol. The van der Waals surface area contributed by atoms with E-state index in [1.807, 2.05) is 17.0 Å². The fourth-order valence-electron chi connectivity index (χ4n) is 3.06. The van der Waals surface area contributed by atoms with Gasteiger partial charge in [0.1, 0.15) is 0 Å². The smallest absolute Gasteiger partial charge is 0.257 e. The molecule has 3 rings (SSSR count). The molecule has 0 spiro atoms. The van der Waals surface area contributed by atoms with E-state index < -0.39 is 10.0 Å². The minimum absolute atomic E-state index is 0.00567. The summed E-state index contributed by atoms with van der Waals surface area (Å²) in [4.78, 5) is 14.4. The van der Waals surface area contributed by atoms with E-state index in [2.05, 4.69) is 5.10 Å². The number of sulfonamides is 1. The molecule has 1 fully saturated rings. The van der Waals surface area contributed by atoms with Gasteiger partial charge in [0, 0.05) is 26.3 Å². The molecule has 0 saturated carbocycles. The minimum Gasteiger partial charge on any atom is -0.339 e. The predicted octanol–water partition coefficient (Wildman–Crippen LogP) is 1.09. The molecule has 0 atom stereocenters. The van der Waals surface area contributed by atoms with Crippen molar-refractivity contribution in [2.45, 2.75) is 23.7 Å². The van der Waals surface area contributed by atoms with Crippen molar-refractivity contribution in [3.05, 3.63) is 47.8 Å². The van der Waals surface area contributed by atoms with E-state index in [1.54, 1.807) is 24.1 Å². The molecule has 1 aliphatic heterocycles. The van der Waals surface area contributed by atoms with Crippen molar-refractivity contribution in [1.29, 1.82) is 0 Å². The molecule has 8 heteroatoms. The maximum Gasteiger partial charge on any atom is 0.257 e. The number of carbonyl (C=O) groups excluding carboxylic acids is 1. The maximum atomic E-state index is 12.4. The number of benzene rings is 1. The van der Waals surface area contributed by atoms with Crippen LogP contribution in [0.5, 0.6) is 0 Å². The summed E-state index contributed by atoms with van der Waals surface area (Å²) in [7, 11) is -1.87. The van der Waals surface area contributed by atoms with Crippen LogP contribution < -0.4 is 5.14 Å². The van der Waals surface area contributed by atoms with Gasteiger partial charge in [0.25, 0.3) is 5.91 Å². The lowest BCUT2D eigenvalue weighted by Gasteiger charge is -2.32. The molecular formula is C16H20N4O3S. The topological polar surface area (TPSA) is 98.3 Å². The van der Waals surface area contributed by atoms with Crippen LogP contribution in [0.2, 0.25) is 0 Å². The summed E-state index contributed by atoms with van der Waals surface area (Å²) >= 11 is 0. The number of aryl methyl sites for hydroxylation is 1. The highest BCUT2D eigenvalue weighted by Crippen LogP contribution is 2.29. The summed E-state index contributed by atoms with van der Waals surface area (Å²) in [5, 5.41) is 9.15. The van der Waals surface area contributed by atoms with Gasteiger partial charge >= 0.3 is 0 Å². The number of hydrogen-bond donors (Lipinski definition) is 1. The number of nitrogens with zero attached hydrogens (tertiary/aromatic N) is 3. The lowest BCUT2D eigenvalue weighted by molar-refractivity contribution is 0.0713. The first-order valence-corrected chi connectivity index (χ1v) is 9.30. The molecule has 1 aliphatic rings. The quantitative estimate of drug-likeness (QED) is 0.897. The molecule has 24 heavy (non-hydrogen) atoms. The highest BCUT2D eigenvalue weighted by atomic mass is 32.2. The number of likely N-dealkylation sites (tertiary alicyclic amines) is 1. The highest BCUT2D eigenvalue weighted by molar-refractivity contribution is 7.89. The largest absolute Gasteiger partial charge is 0.339 e. The van der Waals surface area contributed by atoms with Gasteiger partial charge in [0.05, 0.1) is 16.7 Å². The second-order valence-corrected chi connectivity index (χ2v) is 7.64. The number of rotatable bonds is 3. The normalized spacial score (nSPS) is 16.3. The van der Waals surface area contributed by atoms with Crippen molar-refractivity contribution in [1.82, 2.24) is 14.7 Å². The summed E-state index contributed by atoms with van der Waals surface area (Å²) in [6.45, 7) is 1.35. The van der Waals surface area contributed by atoms with E-state index in [-0.39, 0.29) is 10.8 Å². The van der Waals surface area contributed by atoms with Gasteiger partial charge in [-0.05, 0) is 36.5 Å². The fraction of sp³-hybridized carbons (Fsp3) is 0.375. The minimum atomic E-state index is -3.66. The summed E-state index contributed by atoms with van der Waals surface area (Å²) in [6.07, 6.45) is 5.00. The number of nitrogens with two attached hydrogens (primary N) is 1. The van der Waals surface area contributed by atoms with Crippen molar-refractivity contribution in [3.63, 3.8) is 0 Å². The molecule has 1 amide bonds. The third-order valence-electron chi connectivity index (χ3n) is 4.41. The Labute approximate surface area is 141 Å². The van der Waals surface area contributed by atoms with Gasteiger partial charge in [0.2, 0.25) is 10.0 Å². The number of primary sulfonamides is 1. The van der Waals surface area contributed by atoms with Crippen molar-refractivity contribution in [2.24, 2.45) is 12.2 Å². The molecule has 1 saturated heterocycles. The number of aromatic nitrogens is 2. The Morgan fingerprint density at radius 2 is 1.83 bits per heavy atom. The van der Waals surface area contributed by atoms with Gasteiger partial charge in [-0.15, -0.1) is 0 Å². The predicted molar refractivity (Wildman–Crippen MR) is 88.9 cm³/mol. The van der Waals surface area contributed by atoms with Crippen LogP contribution >= 0.6 is 0 Å². The van der Waals surface area contributed by atoms with E-state index in [9.17, 15) is 13.2 Å². The fourth-order valence-corrected chi connectivity index (χ4v) is 3.58. The Kier molecular flexibility index (Phi) is 4.42. The Hall–Kier alpha value is -2.19. The van der Waals surface area contributed by atoms with Crippen LogP contribution in [0, 0.1) is 0 Å². The molecule has 0 aliphatic carbocycles. The van der Waals surface area contributed by atoms with E-state index >= 15 is 0 Å². The van der Waals surface area contributed by atoms with Crippen LogP contribution in [-0.4, -0.2) is 42.1 Å². The SMILES string of the molecule is Cn1cc(C(=O)N2CCC(c3ccc(S(N)(=O)=O)cc3)CC2)cn1. The molecule has 1 aromatic heterocycles. The van der Waals surface area contributed by atoms with Crippen LogP contribution in [0.4, 0.5) is 0 Å². The van der Waals surface area contributed by atoms with E-state index in [1.165, 1.54) is 12.1 Å². The number of hydrogen-bond acceptors (Lipinski definition) is 4. The second kappa shape index (κ2) is 6.37. The third kappa shape index (κ3) is 3.49. The van der Waals surface area contributed by atoms with Gasteiger partial charge in [0.15, 0.2) is 0 Å². The number of carbonyl (C=O) groups is 1. The molecule has 7 nitrogen and oxygen atoms in total. The van der Waals surface area contributed by atoms with Crippen LogP contribution in [0.15, 0.2) is 41.6 Å². The van der Waals surface area contributed by atoms with Gasteiger partial charge in [-0.1, -0.05) is 12.1 Å². The van der Waals surface area contributed by atoms with Gasteiger partial charge in [-0.2, -0.15) is 5.10 Å². The standard InChI is InChI=1S/C16H20N4O3S/c1-19-11-14(10-18-19)16(21)20-8-6-13(7-9-20)12-2-4-15(5-3-12)24(17,22)23/h2-5,10-11,13H,6-9H2,1H3,(H2,17,22,23). The zero-order chi connectivity index (χ0) is 17.3. The van der Waals surface area contributed by atoms with E-state index in [0.29, 0.717) is 24.6 Å². The van der Waals surface area contributed by atoms with Crippen LogP contribution in [0.3, 0.4) is 0 Å². The Morgan fingerprint density at radius 1 is 1.21 bits per heavy atom. The van der Waals surface area contributed by atoms with Crippen molar-refractivity contribution >= 4 is 15.9 Å². The molecule has 1 aromatic carbocycles. The molecular weight excluding hydrogens is 328 g/mol. The van der Waals surface area contributed by atoms with Crippen molar-refractivity contribution in [3.8, 4) is 0 Å². The summed E-state index contributed by atoms with van der Waals surface area (Å²) in [5.41, 5.74) is 1.68. The van der Waals surface area contributed by atoms with Crippen LogP contribution in [0.25, 0.3) is 0 Å². The third-order valence-corrected chi connectivity index (χ3v) is 5.34. The van der Waals surface area contributed by atoms with Gasteiger partial charge in [-0.3, -0.25) is 9.48 Å².